The molecule has 0 fully saturated rings. The van der Waals surface area contributed by atoms with Crippen LogP contribution >= 0.6 is 0 Å². The number of anilines is 1. The lowest BCUT2D eigenvalue weighted by atomic mass is 10.3. The Morgan fingerprint density at radius 2 is 2.00 bits per heavy atom. The summed E-state index contributed by atoms with van der Waals surface area (Å²) in [6.45, 7) is 1.41. The van der Waals surface area contributed by atoms with Gasteiger partial charge in [0.05, 0.1) is 5.69 Å². The summed E-state index contributed by atoms with van der Waals surface area (Å²) in [4.78, 5) is 13.2. The summed E-state index contributed by atoms with van der Waals surface area (Å²) in [6, 6.07) is 2.56. The van der Waals surface area contributed by atoms with Crippen LogP contribution < -0.4 is 10.1 Å². The number of rotatable bonds is 5. The molecule has 0 aliphatic heterocycles. The van der Waals surface area contributed by atoms with Gasteiger partial charge >= 0.3 is 12.6 Å². The number of nitrogens with zero attached hydrogens (tertiary/aromatic N) is 1. The summed E-state index contributed by atoms with van der Waals surface area (Å²) >= 11 is 0. The molecular formula is C12H15F3N2O2. The number of alkyl halides is 2. The third-order valence-electron chi connectivity index (χ3n) is 2.45. The Morgan fingerprint density at radius 3 is 2.53 bits per heavy atom. The Morgan fingerprint density at radius 1 is 1.37 bits per heavy atom. The maximum absolute atomic E-state index is 13.0. The van der Waals surface area contributed by atoms with E-state index in [0.29, 0.717) is 13.1 Å². The lowest BCUT2D eigenvalue weighted by molar-refractivity contribution is -0.0495. The Balaban J connectivity index is 2.90. The van der Waals surface area contributed by atoms with E-state index >= 15 is 0 Å². The van der Waals surface area contributed by atoms with E-state index in [-0.39, 0.29) is 5.69 Å². The molecule has 1 N–H and O–H groups in total. The van der Waals surface area contributed by atoms with Gasteiger partial charge in [0.1, 0.15) is 5.82 Å². The number of benzene rings is 1. The van der Waals surface area contributed by atoms with Gasteiger partial charge in [0.2, 0.25) is 0 Å². The van der Waals surface area contributed by atoms with E-state index in [1.54, 1.807) is 13.8 Å². The monoisotopic (exact) mass is 276 g/mol. The van der Waals surface area contributed by atoms with Crippen molar-refractivity contribution in [1.29, 1.82) is 0 Å². The highest BCUT2D eigenvalue weighted by Gasteiger charge is 2.15. The third-order valence-corrected chi connectivity index (χ3v) is 2.45. The van der Waals surface area contributed by atoms with Crippen molar-refractivity contribution in [2.45, 2.75) is 20.5 Å². The van der Waals surface area contributed by atoms with Crippen LogP contribution in [-0.2, 0) is 0 Å². The van der Waals surface area contributed by atoms with Gasteiger partial charge in [-0.15, -0.1) is 0 Å². The highest BCUT2D eigenvalue weighted by molar-refractivity contribution is 5.90. The van der Waals surface area contributed by atoms with Gasteiger partial charge in [-0.25, -0.2) is 9.18 Å². The van der Waals surface area contributed by atoms with Gasteiger partial charge in [-0.1, -0.05) is 0 Å². The van der Waals surface area contributed by atoms with Crippen LogP contribution in [-0.4, -0.2) is 30.6 Å². The van der Waals surface area contributed by atoms with Gasteiger partial charge < -0.3 is 15.0 Å². The molecule has 0 saturated heterocycles. The van der Waals surface area contributed by atoms with Crippen molar-refractivity contribution in [3.63, 3.8) is 0 Å². The third kappa shape index (κ3) is 4.35. The Bertz CT molecular complexity index is 437. The Kier molecular flexibility index (Phi) is 5.47. The molecule has 0 heterocycles. The largest absolute Gasteiger partial charge is 0.432 e. The molecule has 0 aromatic heterocycles. The van der Waals surface area contributed by atoms with Crippen LogP contribution in [0.4, 0.5) is 23.7 Å². The van der Waals surface area contributed by atoms with Gasteiger partial charge in [0.15, 0.2) is 5.75 Å². The molecule has 0 unspecified atom stereocenters. The zero-order valence-corrected chi connectivity index (χ0v) is 10.6. The second kappa shape index (κ2) is 6.86. The van der Waals surface area contributed by atoms with E-state index < -0.39 is 24.2 Å². The average molecular weight is 276 g/mol. The fraction of sp³-hybridized carbons (Fsp3) is 0.417. The van der Waals surface area contributed by atoms with Crippen molar-refractivity contribution < 1.29 is 22.7 Å². The van der Waals surface area contributed by atoms with Gasteiger partial charge in [-0.2, -0.15) is 8.78 Å². The summed E-state index contributed by atoms with van der Waals surface area (Å²) in [5.74, 6) is -1.13. The first kappa shape index (κ1) is 15.1. The second-order valence-corrected chi connectivity index (χ2v) is 3.62. The van der Waals surface area contributed by atoms with E-state index in [9.17, 15) is 18.0 Å². The number of halogens is 3. The van der Waals surface area contributed by atoms with Gasteiger partial charge in [0.25, 0.3) is 0 Å². The minimum absolute atomic E-state index is 0.00130. The molecular weight excluding hydrogens is 261 g/mol. The molecule has 7 heteroatoms. The molecule has 4 nitrogen and oxygen atoms in total. The molecule has 1 aromatic carbocycles. The zero-order chi connectivity index (χ0) is 14.4. The standard InChI is InChI=1S/C12H15F3N2O2/c1-3-17(4-2)12(18)16-9-6-5-8(13)7-10(9)19-11(14)15/h5-7,11H,3-4H2,1-2H3,(H,16,18). The second-order valence-electron chi connectivity index (χ2n) is 3.62. The topological polar surface area (TPSA) is 41.6 Å². The number of nitrogens with one attached hydrogen (secondary N) is 1. The first-order valence-corrected chi connectivity index (χ1v) is 5.78. The van der Waals surface area contributed by atoms with E-state index in [0.717, 1.165) is 12.1 Å². The van der Waals surface area contributed by atoms with E-state index in [2.05, 4.69) is 10.1 Å². The predicted molar refractivity (Wildman–Crippen MR) is 65.0 cm³/mol. The van der Waals surface area contributed by atoms with E-state index in [4.69, 9.17) is 0 Å². The average Bonchev–Trinajstić information content (AvgIpc) is 2.33. The zero-order valence-electron chi connectivity index (χ0n) is 10.6. The van der Waals surface area contributed by atoms with Crippen LogP contribution in [0.15, 0.2) is 18.2 Å². The highest BCUT2D eigenvalue weighted by Crippen LogP contribution is 2.27. The summed E-state index contributed by atoms with van der Waals surface area (Å²) in [5, 5.41) is 2.41. The van der Waals surface area contributed by atoms with Crippen LogP contribution in [0.25, 0.3) is 0 Å². The van der Waals surface area contributed by atoms with E-state index in [1.165, 1.54) is 11.0 Å². The van der Waals surface area contributed by atoms with Gasteiger partial charge in [-0.3, -0.25) is 0 Å². The molecule has 0 aliphatic carbocycles. The van der Waals surface area contributed by atoms with Crippen LogP contribution in [0.5, 0.6) is 5.75 Å². The normalized spacial score (nSPS) is 10.4. The van der Waals surface area contributed by atoms with Gasteiger partial charge in [-0.05, 0) is 26.0 Å². The number of urea groups is 1. The van der Waals surface area contributed by atoms with Crippen molar-refractivity contribution in [3.05, 3.63) is 24.0 Å². The van der Waals surface area contributed by atoms with Crippen LogP contribution in [0, 0.1) is 5.82 Å². The minimum Gasteiger partial charge on any atom is -0.432 e. The number of hydrogen-bond acceptors (Lipinski definition) is 2. The number of amides is 2. The fourth-order valence-electron chi connectivity index (χ4n) is 1.50. The van der Waals surface area contributed by atoms with Crippen LogP contribution in [0.1, 0.15) is 13.8 Å². The molecule has 19 heavy (non-hydrogen) atoms. The first-order valence-electron chi connectivity index (χ1n) is 5.78. The minimum atomic E-state index is -3.09. The molecule has 1 rings (SSSR count). The molecule has 0 saturated carbocycles. The van der Waals surface area contributed by atoms with E-state index in [1.807, 2.05) is 0 Å². The highest BCUT2D eigenvalue weighted by atomic mass is 19.3. The Hall–Kier alpha value is -1.92. The first-order chi connectivity index (χ1) is 8.97. The molecule has 0 bridgehead atoms. The lowest BCUT2D eigenvalue weighted by Crippen LogP contribution is -2.34. The molecule has 0 aliphatic rings. The van der Waals surface area contributed by atoms with Crippen molar-refractivity contribution in [2.75, 3.05) is 18.4 Å². The molecule has 0 spiro atoms. The van der Waals surface area contributed by atoms with Crippen molar-refractivity contribution in [2.24, 2.45) is 0 Å². The summed E-state index contributed by atoms with van der Waals surface area (Å²) in [6.07, 6.45) is 0. The molecule has 1 aromatic rings. The molecule has 0 radical (unpaired) electrons. The van der Waals surface area contributed by atoms with Crippen LogP contribution in [0.2, 0.25) is 0 Å². The predicted octanol–water partition coefficient (Wildman–Crippen LogP) is 3.30. The molecule has 106 valence electrons. The van der Waals surface area contributed by atoms with Crippen molar-refractivity contribution in [3.8, 4) is 5.75 Å². The summed E-state index contributed by atoms with van der Waals surface area (Å²) in [5.41, 5.74) is -0.00130. The number of carbonyl (C=O) groups excluding carboxylic acids is 1. The van der Waals surface area contributed by atoms with Crippen molar-refractivity contribution >= 4 is 11.7 Å². The van der Waals surface area contributed by atoms with Crippen molar-refractivity contribution in [1.82, 2.24) is 4.90 Å². The number of carbonyl (C=O) groups is 1. The quantitative estimate of drug-likeness (QED) is 0.896. The molecule has 0 atom stereocenters. The SMILES string of the molecule is CCN(CC)C(=O)Nc1ccc(F)cc1OC(F)F. The smallest absolute Gasteiger partial charge is 0.387 e. The summed E-state index contributed by atoms with van der Waals surface area (Å²) in [7, 11) is 0. The maximum Gasteiger partial charge on any atom is 0.387 e. The van der Waals surface area contributed by atoms with Crippen LogP contribution in [0.3, 0.4) is 0 Å². The number of hydrogen-bond donors (Lipinski definition) is 1. The fourth-order valence-corrected chi connectivity index (χ4v) is 1.50. The Labute approximate surface area is 109 Å². The molecule has 2 amide bonds. The lowest BCUT2D eigenvalue weighted by Gasteiger charge is -2.20. The maximum atomic E-state index is 13.0. The van der Waals surface area contributed by atoms with Gasteiger partial charge in [0, 0.05) is 19.2 Å². The summed E-state index contributed by atoms with van der Waals surface area (Å²) < 4.78 is 41.5. The number of ether oxygens (including phenoxy) is 1.